The summed E-state index contributed by atoms with van der Waals surface area (Å²) in [5.41, 5.74) is 7.02. The number of hydrogen-bond acceptors (Lipinski definition) is 7. The Bertz CT molecular complexity index is 1980. The van der Waals surface area contributed by atoms with Crippen LogP contribution in [0.3, 0.4) is 0 Å². The van der Waals surface area contributed by atoms with Crippen molar-refractivity contribution in [3.8, 4) is 22.5 Å². The third kappa shape index (κ3) is 4.68. The van der Waals surface area contributed by atoms with Gasteiger partial charge in [0.2, 0.25) is 0 Å². The first-order chi connectivity index (χ1) is 21.5. The summed E-state index contributed by atoms with van der Waals surface area (Å²) in [4.78, 5) is 37.1. The molecule has 0 radical (unpaired) electrons. The first-order valence-electron chi connectivity index (χ1n) is 14.8. The van der Waals surface area contributed by atoms with Gasteiger partial charge in [0.05, 0.1) is 48.3 Å². The van der Waals surface area contributed by atoms with Crippen LogP contribution in [-0.2, 0) is 39.5 Å². The standard InChI is InChI=1S/C36H31N3O5/c1-2-36(22-40)17-33(41)43-21-29-30(36)16-32-34-28(19-39(32)35(29)42)27(26-10-6-7-11-31(26)38-34)18-37-44-20-23-12-14-25(15-13-23)24-8-4-3-5-9-24/h3-16,18,40H,2,17,19-22H2,1H3/b37-18+. The molecule has 3 aromatic carbocycles. The van der Waals surface area contributed by atoms with Gasteiger partial charge < -0.3 is 19.2 Å². The second-order valence-electron chi connectivity index (χ2n) is 11.4. The van der Waals surface area contributed by atoms with E-state index >= 15 is 0 Å². The number of benzene rings is 3. The molecule has 8 heteroatoms. The molecule has 2 aliphatic heterocycles. The van der Waals surface area contributed by atoms with Crippen LogP contribution in [-0.4, -0.2) is 33.4 Å². The average molecular weight is 586 g/mol. The number of oxime groups is 1. The molecule has 0 spiro atoms. The zero-order valence-corrected chi connectivity index (χ0v) is 24.3. The highest BCUT2D eigenvalue weighted by atomic mass is 16.6. The SMILES string of the molecule is CCC1(CO)CC(=O)OCc2c1cc1n(c2=O)Cc2c-1nc1ccccc1c2/C=N/OCc1ccc(-c2ccccc2)cc1. The molecule has 2 aromatic heterocycles. The monoisotopic (exact) mass is 585 g/mol. The Labute approximate surface area is 254 Å². The molecular weight excluding hydrogens is 554 g/mol. The lowest BCUT2D eigenvalue weighted by atomic mass is 9.74. The van der Waals surface area contributed by atoms with E-state index in [-0.39, 0.29) is 25.2 Å². The summed E-state index contributed by atoms with van der Waals surface area (Å²) in [6.45, 7) is 2.13. The number of esters is 1. The van der Waals surface area contributed by atoms with E-state index in [1.807, 2.05) is 67.6 Å². The fourth-order valence-electron chi connectivity index (χ4n) is 6.38. The Balaban J connectivity index is 1.23. The summed E-state index contributed by atoms with van der Waals surface area (Å²) >= 11 is 0. The Morgan fingerprint density at radius 3 is 2.52 bits per heavy atom. The molecule has 8 nitrogen and oxygen atoms in total. The number of para-hydroxylation sites is 1. The Hall–Kier alpha value is -5.08. The maximum Gasteiger partial charge on any atom is 0.307 e. The maximum absolute atomic E-state index is 13.9. The number of carbonyl (C=O) groups excluding carboxylic acids is 1. The number of pyridine rings is 2. The van der Waals surface area contributed by atoms with Crippen LogP contribution in [0.25, 0.3) is 33.4 Å². The molecule has 0 saturated heterocycles. The van der Waals surface area contributed by atoms with Crippen molar-refractivity contribution in [2.24, 2.45) is 5.16 Å². The number of cyclic esters (lactones) is 1. The van der Waals surface area contributed by atoms with Gasteiger partial charge in [0, 0.05) is 21.9 Å². The zero-order chi connectivity index (χ0) is 30.3. The molecule has 7 rings (SSSR count). The lowest BCUT2D eigenvalue weighted by Gasteiger charge is -2.30. The molecule has 0 saturated carbocycles. The first-order valence-corrected chi connectivity index (χ1v) is 14.8. The molecule has 1 atom stereocenters. The van der Waals surface area contributed by atoms with Crippen molar-refractivity contribution in [3.05, 3.63) is 123 Å². The molecular formula is C36H31N3O5. The van der Waals surface area contributed by atoms with Crippen LogP contribution < -0.4 is 5.56 Å². The highest BCUT2D eigenvalue weighted by Gasteiger charge is 2.40. The third-order valence-electron chi connectivity index (χ3n) is 8.96. The van der Waals surface area contributed by atoms with Crippen LogP contribution in [0.15, 0.2) is 94.9 Å². The van der Waals surface area contributed by atoms with Crippen molar-refractivity contribution in [1.82, 2.24) is 9.55 Å². The van der Waals surface area contributed by atoms with E-state index in [2.05, 4.69) is 29.4 Å². The Morgan fingerprint density at radius 1 is 1.00 bits per heavy atom. The minimum Gasteiger partial charge on any atom is -0.461 e. The van der Waals surface area contributed by atoms with Gasteiger partial charge in [0.25, 0.3) is 5.56 Å². The fourth-order valence-corrected chi connectivity index (χ4v) is 6.38. The number of fused-ring (bicyclic) bond motifs is 5. The first kappa shape index (κ1) is 27.7. The van der Waals surface area contributed by atoms with Crippen molar-refractivity contribution >= 4 is 23.1 Å². The quantitative estimate of drug-likeness (QED) is 0.146. The summed E-state index contributed by atoms with van der Waals surface area (Å²) in [5, 5.41) is 15.7. The van der Waals surface area contributed by atoms with E-state index in [0.717, 1.165) is 38.7 Å². The normalized spacial score (nSPS) is 17.2. The van der Waals surface area contributed by atoms with Crippen molar-refractivity contribution in [2.45, 2.75) is 44.9 Å². The van der Waals surface area contributed by atoms with E-state index in [1.54, 1.807) is 10.8 Å². The van der Waals surface area contributed by atoms with Crippen LogP contribution in [0.4, 0.5) is 0 Å². The molecule has 44 heavy (non-hydrogen) atoms. The van der Waals surface area contributed by atoms with E-state index < -0.39 is 11.4 Å². The Morgan fingerprint density at radius 2 is 1.75 bits per heavy atom. The highest BCUT2D eigenvalue weighted by Crippen LogP contribution is 2.41. The van der Waals surface area contributed by atoms with Gasteiger partial charge in [0.1, 0.15) is 13.2 Å². The predicted octanol–water partition coefficient (Wildman–Crippen LogP) is 5.73. The lowest BCUT2D eigenvalue weighted by molar-refractivity contribution is -0.146. The summed E-state index contributed by atoms with van der Waals surface area (Å²) in [6.07, 6.45) is 2.20. The number of hydrogen-bond donors (Lipinski definition) is 1. The number of nitrogens with zero attached hydrogens (tertiary/aromatic N) is 3. The van der Waals surface area contributed by atoms with E-state index in [1.165, 1.54) is 0 Å². The van der Waals surface area contributed by atoms with Crippen LogP contribution in [0.5, 0.6) is 0 Å². The predicted molar refractivity (Wildman–Crippen MR) is 168 cm³/mol. The summed E-state index contributed by atoms with van der Waals surface area (Å²) in [7, 11) is 0. The molecule has 220 valence electrons. The average Bonchev–Trinajstić information content (AvgIpc) is 3.36. The van der Waals surface area contributed by atoms with E-state index in [0.29, 0.717) is 42.1 Å². The molecule has 0 amide bonds. The lowest BCUT2D eigenvalue weighted by Crippen LogP contribution is -2.35. The number of ether oxygens (including phenoxy) is 1. The molecule has 2 aliphatic rings. The fraction of sp³-hybridized carbons (Fsp3) is 0.222. The minimum atomic E-state index is -0.894. The third-order valence-corrected chi connectivity index (χ3v) is 8.96. The molecule has 1 unspecified atom stereocenters. The second kappa shape index (κ2) is 11.2. The van der Waals surface area contributed by atoms with E-state index in [9.17, 15) is 14.7 Å². The minimum absolute atomic E-state index is 0.0120. The van der Waals surface area contributed by atoms with E-state index in [4.69, 9.17) is 14.6 Å². The number of aliphatic hydroxyl groups is 1. The molecule has 0 aliphatic carbocycles. The summed E-state index contributed by atoms with van der Waals surface area (Å²) in [6, 6.07) is 28.1. The van der Waals surface area contributed by atoms with Crippen LogP contribution >= 0.6 is 0 Å². The zero-order valence-electron chi connectivity index (χ0n) is 24.3. The molecule has 5 aromatic rings. The summed E-state index contributed by atoms with van der Waals surface area (Å²) < 4.78 is 7.09. The van der Waals surface area contributed by atoms with Crippen molar-refractivity contribution in [3.63, 3.8) is 0 Å². The van der Waals surface area contributed by atoms with Crippen LogP contribution in [0.1, 0.15) is 47.6 Å². The van der Waals surface area contributed by atoms with Crippen molar-refractivity contribution in [1.29, 1.82) is 0 Å². The topological polar surface area (TPSA) is 103 Å². The molecule has 4 heterocycles. The van der Waals surface area contributed by atoms with Gasteiger partial charge in [-0.15, -0.1) is 0 Å². The smallest absolute Gasteiger partial charge is 0.307 e. The van der Waals surface area contributed by atoms with Crippen LogP contribution in [0, 0.1) is 0 Å². The van der Waals surface area contributed by atoms with Gasteiger partial charge in [-0.2, -0.15) is 0 Å². The number of aliphatic hydroxyl groups excluding tert-OH is 1. The maximum atomic E-state index is 13.9. The van der Waals surface area contributed by atoms with Gasteiger partial charge in [-0.25, -0.2) is 4.98 Å². The largest absolute Gasteiger partial charge is 0.461 e. The highest BCUT2D eigenvalue weighted by molar-refractivity contribution is 6.02. The second-order valence-corrected chi connectivity index (χ2v) is 11.4. The molecule has 1 N–H and O–H groups in total. The van der Waals surface area contributed by atoms with Gasteiger partial charge >= 0.3 is 5.97 Å². The van der Waals surface area contributed by atoms with Crippen molar-refractivity contribution < 1.29 is 19.5 Å². The van der Waals surface area contributed by atoms with Gasteiger partial charge in [0.15, 0.2) is 0 Å². The van der Waals surface area contributed by atoms with Gasteiger partial charge in [-0.1, -0.05) is 84.9 Å². The molecule has 0 fully saturated rings. The number of carbonyl (C=O) groups is 1. The van der Waals surface area contributed by atoms with Gasteiger partial charge in [-0.3, -0.25) is 9.59 Å². The van der Waals surface area contributed by atoms with Crippen LogP contribution in [0.2, 0.25) is 0 Å². The molecule has 0 bridgehead atoms. The van der Waals surface area contributed by atoms with Crippen molar-refractivity contribution in [2.75, 3.05) is 6.61 Å². The number of aromatic nitrogens is 2. The Kier molecular flexibility index (Phi) is 7.06. The number of rotatable bonds is 7. The van der Waals surface area contributed by atoms with Gasteiger partial charge in [-0.05, 0) is 40.8 Å². The summed E-state index contributed by atoms with van der Waals surface area (Å²) in [5.74, 6) is -0.420.